The monoisotopic (exact) mass is 183 g/mol. The van der Waals surface area contributed by atoms with E-state index < -0.39 is 0 Å². The maximum absolute atomic E-state index is 10.8. The van der Waals surface area contributed by atoms with Gasteiger partial charge in [0, 0.05) is 6.20 Å². The van der Waals surface area contributed by atoms with Crippen molar-refractivity contribution in [2.75, 3.05) is 12.0 Å². The fourth-order valence-corrected chi connectivity index (χ4v) is 0.858. The fourth-order valence-electron chi connectivity index (χ4n) is 0.512. The molecule has 0 spiro atoms. The summed E-state index contributed by atoms with van der Waals surface area (Å²) in [6.07, 6.45) is 10.5. The predicted octanol–water partition coefficient (Wildman–Crippen LogP) is 1.72. The molecule has 0 aliphatic carbocycles. The SMILES string of the molecule is C=C/C=C\C=C/NC(=O)CSC. The van der Waals surface area contributed by atoms with Gasteiger partial charge >= 0.3 is 0 Å². The summed E-state index contributed by atoms with van der Waals surface area (Å²) in [6, 6.07) is 0. The topological polar surface area (TPSA) is 29.1 Å². The third-order valence-corrected chi connectivity index (χ3v) is 1.53. The Morgan fingerprint density at radius 2 is 2.25 bits per heavy atom. The number of carbonyl (C=O) groups is 1. The first-order valence-corrected chi connectivity index (χ1v) is 4.93. The van der Waals surface area contributed by atoms with Crippen LogP contribution in [0.2, 0.25) is 0 Å². The molecule has 1 amide bonds. The lowest BCUT2D eigenvalue weighted by Gasteiger charge is -1.94. The molecule has 0 aliphatic rings. The van der Waals surface area contributed by atoms with Crippen LogP contribution in [0.1, 0.15) is 0 Å². The molecule has 12 heavy (non-hydrogen) atoms. The maximum atomic E-state index is 10.8. The van der Waals surface area contributed by atoms with Crippen molar-refractivity contribution >= 4 is 17.7 Å². The fraction of sp³-hybridized carbons (Fsp3) is 0.222. The average molecular weight is 183 g/mol. The zero-order valence-corrected chi connectivity index (χ0v) is 7.93. The third kappa shape index (κ3) is 7.15. The van der Waals surface area contributed by atoms with Gasteiger partial charge < -0.3 is 5.32 Å². The summed E-state index contributed by atoms with van der Waals surface area (Å²) in [5.74, 6) is 0.515. The van der Waals surface area contributed by atoms with Crippen LogP contribution in [0.4, 0.5) is 0 Å². The van der Waals surface area contributed by atoms with Crippen LogP contribution in [0.3, 0.4) is 0 Å². The summed E-state index contributed by atoms with van der Waals surface area (Å²) in [7, 11) is 0. The molecule has 0 aromatic carbocycles. The Morgan fingerprint density at radius 3 is 2.83 bits per heavy atom. The van der Waals surface area contributed by atoms with E-state index in [4.69, 9.17) is 0 Å². The molecular weight excluding hydrogens is 170 g/mol. The Kier molecular flexibility index (Phi) is 7.49. The predicted molar refractivity (Wildman–Crippen MR) is 55.0 cm³/mol. The van der Waals surface area contributed by atoms with Crippen LogP contribution >= 0.6 is 11.8 Å². The molecule has 0 radical (unpaired) electrons. The number of rotatable bonds is 5. The molecule has 0 unspecified atom stereocenters. The van der Waals surface area contributed by atoms with Gasteiger partial charge in [0.2, 0.25) is 5.91 Å². The normalized spacial score (nSPS) is 10.8. The van der Waals surface area contributed by atoms with Crippen molar-refractivity contribution in [1.82, 2.24) is 5.32 Å². The van der Waals surface area contributed by atoms with Gasteiger partial charge in [0.15, 0.2) is 0 Å². The van der Waals surface area contributed by atoms with Gasteiger partial charge in [0.1, 0.15) is 0 Å². The third-order valence-electron chi connectivity index (χ3n) is 0.974. The minimum atomic E-state index is 0.0192. The highest BCUT2D eigenvalue weighted by atomic mass is 32.2. The molecule has 66 valence electrons. The largest absolute Gasteiger partial charge is 0.332 e. The molecule has 1 N–H and O–H groups in total. The molecular formula is C9H13NOS. The van der Waals surface area contributed by atoms with Crippen LogP contribution < -0.4 is 5.32 Å². The summed E-state index contributed by atoms with van der Waals surface area (Å²) >= 11 is 1.50. The van der Waals surface area contributed by atoms with Crippen molar-refractivity contribution in [3.8, 4) is 0 Å². The van der Waals surface area contributed by atoms with E-state index in [-0.39, 0.29) is 5.91 Å². The summed E-state index contributed by atoms with van der Waals surface area (Å²) in [5.41, 5.74) is 0. The van der Waals surface area contributed by atoms with E-state index in [1.165, 1.54) is 11.8 Å². The minimum absolute atomic E-state index is 0.0192. The lowest BCUT2D eigenvalue weighted by Crippen LogP contribution is -2.18. The molecule has 3 heteroatoms. The second kappa shape index (κ2) is 8.14. The van der Waals surface area contributed by atoms with E-state index in [0.29, 0.717) is 5.75 Å². The highest BCUT2D eigenvalue weighted by Crippen LogP contribution is 1.88. The smallest absolute Gasteiger partial charge is 0.233 e. The van der Waals surface area contributed by atoms with Crippen molar-refractivity contribution in [3.05, 3.63) is 37.1 Å². The van der Waals surface area contributed by atoms with Crippen LogP contribution in [-0.2, 0) is 4.79 Å². The quantitative estimate of drug-likeness (QED) is 0.658. The Bertz CT molecular complexity index is 197. The molecule has 2 nitrogen and oxygen atoms in total. The lowest BCUT2D eigenvalue weighted by molar-refractivity contribution is -0.117. The van der Waals surface area contributed by atoms with Gasteiger partial charge in [0.05, 0.1) is 5.75 Å². The molecule has 0 saturated heterocycles. The van der Waals surface area contributed by atoms with Gasteiger partial charge in [-0.05, 0) is 12.3 Å². The molecule has 0 saturated carbocycles. The zero-order valence-electron chi connectivity index (χ0n) is 7.12. The maximum Gasteiger partial charge on any atom is 0.233 e. The second-order valence-corrected chi connectivity index (χ2v) is 2.85. The summed E-state index contributed by atoms with van der Waals surface area (Å²) in [4.78, 5) is 10.8. The summed E-state index contributed by atoms with van der Waals surface area (Å²) in [6.45, 7) is 3.51. The first kappa shape index (κ1) is 11.0. The molecule has 0 heterocycles. The Labute approximate surface area is 77.4 Å². The van der Waals surface area contributed by atoms with Crippen molar-refractivity contribution in [1.29, 1.82) is 0 Å². The first-order chi connectivity index (χ1) is 5.81. The number of hydrogen-bond donors (Lipinski definition) is 1. The van der Waals surface area contributed by atoms with Crippen LogP contribution in [0, 0.1) is 0 Å². The highest BCUT2D eigenvalue weighted by molar-refractivity contribution is 7.99. The standard InChI is InChI=1S/C9H13NOS/c1-3-4-5-6-7-10-9(11)8-12-2/h3-7H,1,8H2,2H3,(H,10,11)/b5-4-,7-6-. The second-order valence-electron chi connectivity index (χ2n) is 1.98. The molecule has 0 bridgehead atoms. The molecule has 0 aliphatic heterocycles. The van der Waals surface area contributed by atoms with Gasteiger partial charge in [-0.1, -0.05) is 24.8 Å². The van der Waals surface area contributed by atoms with Gasteiger partial charge in [-0.2, -0.15) is 11.8 Å². The van der Waals surface area contributed by atoms with Crippen molar-refractivity contribution in [2.24, 2.45) is 0 Å². The van der Waals surface area contributed by atoms with E-state index in [2.05, 4.69) is 11.9 Å². The highest BCUT2D eigenvalue weighted by Gasteiger charge is 1.92. The Balaban J connectivity index is 3.52. The molecule has 0 atom stereocenters. The Morgan fingerprint density at radius 1 is 1.50 bits per heavy atom. The number of nitrogens with one attached hydrogen (secondary N) is 1. The van der Waals surface area contributed by atoms with E-state index in [1.54, 1.807) is 30.5 Å². The summed E-state index contributed by atoms with van der Waals surface area (Å²) < 4.78 is 0. The van der Waals surface area contributed by atoms with E-state index >= 15 is 0 Å². The number of thioether (sulfide) groups is 1. The van der Waals surface area contributed by atoms with Crippen LogP contribution in [0.15, 0.2) is 37.1 Å². The molecule has 0 aromatic heterocycles. The van der Waals surface area contributed by atoms with Gasteiger partial charge in [-0.3, -0.25) is 4.79 Å². The number of carbonyl (C=O) groups excluding carboxylic acids is 1. The van der Waals surface area contributed by atoms with Crippen LogP contribution in [-0.4, -0.2) is 17.9 Å². The van der Waals surface area contributed by atoms with Gasteiger partial charge in [-0.15, -0.1) is 0 Å². The molecule has 0 rings (SSSR count). The Hall–Kier alpha value is -0.960. The molecule has 0 fully saturated rings. The number of allylic oxidation sites excluding steroid dienone is 4. The minimum Gasteiger partial charge on any atom is -0.332 e. The lowest BCUT2D eigenvalue weighted by atomic mass is 10.5. The van der Waals surface area contributed by atoms with Crippen LogP contribution in [0.5, 0.6) is 0 Å². The van der Waals surface area contributed by atoms with Gasteiger partial charge in [-0.25, -0.2) is 0 Å². The van der Waals surface area contributed by atoms with Crippen LogP contribution in [0.25, 0.3) is 0 Å². The van der Waals surface area contributed by atoms with E-state index in [1.807, 2.05) is 6.26 Å². The number of amides is 1. The van der Waals surface area contributed by atoms with E-state index in [9.17, 15) is 4.79 Å². The van der Waals surface area contributed by atoms with Crippen molar-refractivity contribution in [2.45, 2.75) is 0 Å². The summed E-state index contributed by atoms with van der Waals surface area (Å²) in [5, 5.41) is 2.62. The number of hydrogen-bond acceptors (Lipinski definition) is 2. The van der Waals surface area contributed by atoms with Gasteiger partial charge in [0.25, 0.3) is 0 Å². The first-order valence-electron chi connectivity index (χ1n) is 3.53. The molecule has 0 aromatic rings. The average Bonchev–Trinajstić information content (AvgIpc) is 2.05. The van der Waals surface area contributed by atoms with Crippen molar-refractivity contribution < 1.29 is 4.79 Å². The zero-order chi connectivity index (χ0) is 9.23. The van der Waals surface area contributed by atoms with E-state index in [0.717, 1.165) is 0 Å². The van der Waals surface area contributed by atoms with Crippen molar-refractivity contribution in [3.63, 3.8) is 0 Å².